The Balaban J connectivity index is 1.69. The summed E-state index contributed by atoms with van der Waals surface area (Å²) in [6.07, 6.45) is 5.68. The van der Waals surface area contributed by atoms with Crippen molar-refractivity contribution >= 4 is 33.2 Å². The zero-order valence-corrected chi connectivity index (χ0v) is 14.7. The molecule has 2 aromatic carbocycles. The van der Waals surface area contributed by atoms with Crippen LogP contribution in [-0.4, -0.2) is 6.29 Å². The first-order valence-electron chi connectivity index (χ1n) is 7.65. The van der Waals surface area contributed by atoms with Crippen LogP contribution in [0.1, 0.15) is 15.9 Å². The van der Waals surface area contributed by atoms with Crippen molar-refractivity contribution in [2.45, 2.75) is 6.61 Å². The summed E-state index contributed by atoms with van der Waals surface area (Å²) in [5, 5.41) is 0.992. The first-order chi connectivity index (χ1) is 12.3. The van der Waals surface area contributed by atoms with Crippen LogP contribution in [0.25, 0.3) is 22.1 Å². The van der Waals surface area contributed by atoms with Gasteiger partial charge in [-0.15, -0.1) is 0 Å². The van der Waals surface area contributed by atoms with E-state index in [1.165, 1.54) is 0 Å². The number of halogens is 1. The van der Waals surface area contributed by atoms with Crippen molar-refractivity contribution in [3.05, 3.63) is 76.9 Å². The Morgan fingerprint density at radius 1 is 1.12 bits per heavy atom. The second-order valence-corrected chi connectivity index (χ2v) is 6.41. The second-order valence-electron chi connectivity index (χ2n) is 5.56. The van der Waals surface area contributed by atoms with Crippen LogP contribution in [0, 0.1) is 0 Å². The molecule has 0 aliphatic rings. The lowest BCUT2D eigenvalue weighted by atomic mass is 10.0. The molecule has 2 aromatic heterocycles. The first kappa shape index (κ1) is 15.7. The fraction of sp³-hybridized carbons (Fsp3) is 0.0500. The van der Waals surface area contributed by atoms with Crippen molar-refractivity contribution in [1.29, 1.82) is 0 Å². The standard InChI is InChI=1S/C20H13BrO4/c21-18-9-13(8-14-5-7-24-20(14)18)11-25-19-15(10-22)2-1-3-17(19)16-4-6-23-12-16/h1-10,12H,11H2. The summed E-state index contributed by atoms with van der Waals surface area (Å²) in [5.74, 6) is 0.544. The fourth-order valence-corrected chi connectivity index (χ4v) is 3.41. The number of benzene rings is 2. The van der Waals surface area contributed by atoms with Gasteiger partial charge >= 0.3 is 0 Å². The molecule has 5 heteroatoms. The van der Waals surface area contributed by atoms with Crippen LogP contribution in [0.5, 0.6) is 5.75 Å². The minimum absolute atomic E-state index is 0.329. The van der Waals surface area contributed by atoms with E-state index in [2.05, 4.69) is 15.9 Å². The Bertz CT molecular complexity index is 1030. The maximum atomic E-state index is 11.4. The summed E-state index contributed by atoms with van der Waals surface area (Å²) in [4.78, 5) is 11.4. The molecule has 25 heavy (non-hydrogen) atoms. The van der Waals surface area contributed by atoms with Gasteiger partial charge in [-0.3, -0.25) is 4.79 Å². The predicted molar refractivity (Wildman–Crippen MR) is 97.8 cm³/mol. The average Bonchev–Trinajstić information content (AvgIpc) is 3.31. The maximum Gasteiger partial charge on any atom is 0.153 e. The number of ether oxygens (including phenoxy) is 1. The highest BCUT2D eigenvalue weighted by molar-refractivity contribution is 9.10. The monoisotopic (exact) mass is 396 g/mol. The Morgan fingerprint density at radius 2 is 2.04 bits per heavy atom. The highest BCUT2D eigenvalue weighted by Gasteiger charge is 2.13. The van der Waals surface area contributed by atoms with Crippen LogP contribution in [0.15, 0.2) is 74.6 Å². The topological polar surface area (TPSA) is 52.6 Å². The van der Waals surface area contributed by atoms with Gasteiger partial charge in [-0.1, -0.05) is 12.1 Å². The number of fused-ring (bicyclic) bond motifs is 1. The van der Waals surface area contributed by atoms with E-state index in [1.807, 2.05) is 36.4 Å². The van der Waals surface area contributed by atoms with Gasteiger partial charge in [0.05, 0.1) is 28.8 Å². The minimum atomic E-state index is 0.329. The summed E-state index contributed by atoms with van der Waals surface area (Å²) in [6.45, 7) is 0.329. The molecule has 0 spiro atoms. The average molecular weight is 397 g/mol. The molecule has 0 unspecified atom stereocenters. The van der Waals surface area contributed by atoms with E-state index >= 15 is 0 Å². The molecule has 2 heterocycles. The Hall–Kier alpha value is -2.79. The van der Waals surface area contributed by atoms with Gasteiger partial charge in [0.25, 0.3) is 0 Å². The molecule has 0 saturated heterocycles. The number of aldehydes is 1. The zero-order chi connectivity index (χ0) is 17.2. The van der Waals surface area contributed by atoms with E-state index in [1.54, 1.807) is 24.9 Å². The van der Waals surface area contributed by atoms with Crippen molar-refractivity contribution in [2.75, 3.05) is 0 Å². The molecule has 0 radical (unpaired) electrons. The van der Waals surface area contributed by atoms with Gasteiger partial charge < -0.3 is 13.6 Å². The Morgan fingerprint density at radius 3 is 2.84 bits per heavy atom. The Labute approximate surface area is 152 Å². The minimum Gasteiger partial charge on any atom is -0.488 e. The lowest BCUT2D eigenvalue weighted by molar-refractivity contribution is 0.111. The third kappa shape index (κ3) is 2.98. The number of carbonyl (C=O) groups is 1. The van der Waals surface area contributed by atoms with Crippen LogP contribution in [-0.2, 0) is 6.61 Å². The smallest absolute Gasteiger partial charge is 0.153 e. The largest absolute Gasteiger partial charge is 0.488 e. The van der Waals surface area contributed by atoms with Gasteiger partial charge in [-0.25, -0.2) is 0 Å². The molecule has 124 valence electrons. The third-order valence-electron chi connectivity index (χ3n) is 3.95. The van der Waals surface area contributed by atoms with Gasteiger partial charge in [-0.2, -0.15) is 0 Å². The van der Waals surface area contributed by atoms with Crippen LogP contribution in [0.3, 0.4) is 0 Å². The summed E-state index contributed by atoms with van der Waals surface area (Å²) in [5.41, 5.74) is 3.96. The fourth-order valence-electron chi connectivity index (χ4n) is 2.79. The summed E-state index contributed by atoms with van der Waals surface area (Å²) >= 11 is 3.51. The molecule has 0 saturated carbocycles. The lowest BCUT2D eigenvalue weighted by Crippen LogP contribution is -2.00. The third-order valence-corrected chi connectivity index (χ3v) is 4.54. The summed E-state index contributed by atoms with van der Waals surface area (Å²) in [6, 6.07) is 13.2. The van der Waals surface area contributed by atoms with Crippen molar-refractivity contribution < 1.29 is 18.4 Å². The van der Waals surface area contributed by atoms with Gasteiger partial charge in [0.1, 0.15) is 17.9 Å². The van der Waals surface area contributed by atoms with E-state index in [9.17, 15) is 4.79 Å². The lowest BCUT2D eigenvalue weighted by Gasteiger charge is -2.13. The van der Waals surface area contributed by atoms with E-state index in [0.29, 0.717) is 17.9 Å². The molecule has 4 nitrogen and oxygen atoms in total. The zero-order valence-electron chi connectivity index (χ0n) is 13.1. The van der Waals surface area contributed by atoms with Crippen LogP contribution in [0.4, 0.5) is 0 Å². The van der Waals surface area contributed by atoms with E-state index in [0.717, 1.165) is 38.4 Å². The molecule has 0 aliphatic carbocycles. The van der Waals surface area contributed by atoms with Crippen molar-refractivity contribution in [3.8, 4) is 16.9 Å². The summed E-state index contributed by atoms with van der Waals surface area (Å²) in [7, 11) is 0. The number of para-hydroxylation sites is 1. The maximum absolute atomic E-state index is 11.4. The van der Waals surface area contributed by atoms with Crippen LogP contribution >= 0.6 is 15.9 Å². The number of hydrogen-bond donors (Lipinski definition) is 0. The van der Waals surface area contributed by atoms with Crippen molar-refractivity contribution in [2.24, 2.45) is 0 Å². The molecular formula is C20H13BrO4. The number of carbonyl (C=O) groups excluding carboxylic acids is 1. The SMILES string of the molecule is O=Cc1cccc(-c2ccoc2)c1OCc1cc(Br)c2occc2c1. The number of rotatable bonds is 5. The highest BCUT2D eigenvalue weighted by atomic mass is 79.9. The van der Waals surface area contributed by atoms with E-state index in [-0.39, 0.29) is 0 Å². The Kier molecular flexibility index (Phi) is 4.15. The molecule has 4 rings (SSSR count). The van der Waals surface area contributed by atoms with Crippen LogP contribution < -0.4 is 4.74 Å². The number of furan rings is 2. The van der Waals surface area contributed by atoms with E-state index in [4.69, 9.17) is 13.6 Å². The molecule has 0 bridgehead atoms. The predicted octanol–water partition coefficient (Wildman–Crippen LogP) is 5.85. The molecule has 0 fully saturated rings. The number of hydrogen-bond acceptors (Lipinski definition) is 4. The van der Waals surface area contributed by atoms with E-state index < -0.39 is 0 Å². The van der Waals surface area contributed by atoms with Crippen molar-refractivity contribution in [3.63, 3.8) is 0 Å². The van der Waals surface area contributed by atoms with Crippen LogP contribution in [0.2, 0.25) is 0 Å². The van der Waals surface area contributed by atoms with Gasteiger partial charge in [-0.05, 0) is 51.8 Å². The molecule has 0 aliphatic heterocycles. The molecular weight excluding hydrogens is 384 g/mol. The van der Waals surface area contributed by atoms with Gasteiger partial charge in [0.15, 0.2) is 6.29 Å². The van der Waals surface area contributed by atoms with Crippen molar-refractivity contribution in [1.82, 2.24) is 0 Å². The quantitative estimate of drug-likeness (QED) is 0.397. The summed E-state index contributed by atoms with van der Waals surface area (Å²) < 4.78 is 17.5. The molecule has 0 amide bonds. The van der Waals surface area contributed by atoms with Gasteiger partial charge in [0, 0.05) is 16.5 Å². The van der Waals surface area contributed by atoms with Gasteiger partial charge in [0.2, 0.25) is 0 Å². The normalized spacial score (nSPS) is 10.9. The molecule has 4 aromatic rings. The first-order valence-corrected chi connectivity index (χ1v) is 8.45. The highest BCUT2D eigenvalue weighted by Crippen LogP contribution is 2.34. The second kappa shape index (κ2) is 6.61. The molecule has 0 atom stereocenters. The molecule has 0 N–H and O–H groups in total.